The molecule has 32 heavy (non-hydrogen) atoms. The Morgan fingerprint density at radius 1 is 1.28 bits per heavy atom. The predicted molar refractivity (Wildman–Crippen MR) is 118 cm³/mol. The van der Waals surface area contributed by atoms with E-state index < -0.39 is 24.1 Å². The van der Waals surface area contributed by atoms with E-state index in [1.807, 2.05) is 36.1 Å². The fraction of sp³-hybridized carbons (Fsp3) is 0.545. The van der Waals surface area contributed by atoms with Crippen LogP contribution >= 0.6 is 0 Å². The topological polar surface area (TPSA) is 133 Å². The third-order valence-electron chi connectivity index (χ3n) is 5.67. The predicted octanol–water partition coefficient (Wildman–Crippen LogP) is 1.53. The van der Waals surface area contributed by atoms with Crippen molar-refractivity contribution in [3.8, 4) is 0 Å². The van der Waals surface area contributed by atoms with E-state index in [-0.39, 0.29) is 12.6 Å². The second-order valence-electron chi connectivity index (χ2n) is 8.10. The van der Waals surface area contributed by atoms with Crippen LogP contribution in [0.25, 0.3) is 0 Å². The van der Waals surface area contributed by atoms with Gasteiger partial charge in [0.15, 0.2) is 0 Å². The Hall–Kier alpha value is -2.98. The van der Waals surface area contributed by atoms with Gasteiger partial charge in [0.2, 0.25) is 0 Å². The molecule has 1 atom stereocenters. The number of oxime groups is 1. The molecule has 1 aromatic carbocycles. The smallest absolute Gasteiger partial charge is 0.329 e. The maximum atomic E-state index is 11.1. The fourth-order valence-electron chi connectivity index (χ4n) is 4.03. The SMILES string of the molecule is CCNN=Cc1ccc(C2=NOC(CC3(OCC(=O)O)CCN(CC(=O)O)CC3)C2)cc1. The van der Waals surface area contributed by atoms with Crippen LogP contribution in [0.1, 0.15) is 43.7 Å². The molecule has 1 aromatic rings. The van der Waals surface area contributed by atoms with Crippen molar-refractivity contribution in [2.45, 2.75) is 44.3 Å². The normalized spacial score (nSPS) is 20.7. The summed E-state index contributed by atoms with van der Waals surface area (Å²) >= 11 is 0. The van der Waals surface area contributed by atoms with Gasteiger partial charge in [0, 0.05) is 32.5 Å². The summed E-state index contributed by atoms with van der Waals surface area (Å²) < 4.78 is 5.83. The monoisotopic (exact) mass is 446 g/mol. The first-order valence-electron chi connectivity index (χ1n) is 10.8. The number of carboxylic acids is 2. The van der Waals surface area contributed by atoms with E-state index in [1.165, 1.54) is 0 Å². The summed E-state index contributed by atoms with van der Waals surface area (Å²) in [6.45, 7) is 3.38. The summed E-state index contributed by atoms with van der Waals surface area (Å²) in [5, 5.41) is 26.5. The number of aliphatic carboxylic acids is 2. The number of rotatable bonds is 11. The van der Waals surface area contributed by atoms with Crippen molar-refractivity contribution in [2.24, 2.45) is 10.3 Å². The summed E-state index contributed by atoms with van der Waals surface area (Å²) in [6.07, 6.45) is 3.72. The van der Waals surface area contributed by atoms with Gasteiger partial charge in [0.25, 0.3) is 0 Å². The van der Waals surface area contributed by atoms with Crippen molar-refractivity contribution in [1.82, 2.24) is 10.3 Å². The maximum Gasteiger partial charge on any atom is 0.329 e. The van der Waals surface area contributed by atoms with E-state index in [0.29, 0.717) is 38.8 Å². The van der Waals surface area contributed by atoms with Gasteiger partial charge in [-0.3, -0.25) is 9.69 Å². The number of carboxylic acid groups (broad SMARTS) is 2. The Bertz CT molecular complexity index is 846. The van der Waals surface area contributed by atoms with Gasteiger partial charge in [0.1, 0.15) is 12.7 Å². The zero-order valence-electron chi connectivity index (χ0n) is 18.2. The molecule has 0 spiro atoms. The van der Waals surface area contributed by atoms with Gasteiger partial charge in [-0.1, -0.05) is 29.4 Å². The lowest BCUT2D eigenvalue weighted by Gasteiger charge is -2.41. The quantitative estimate of drug-likeness (QED) is 0.344. The average molecular weight is 447 g/mol. The molecule has 1 saturated heterocycles. The van der Waals surface area contributed by atoms with Crippen LogP contribution < -0.4 is 5.43 Å². The van der Waals surface area contributed by atoms with Crippen molar-refractivity contribution in [2.75, 3.05) is 32.8 Å². The van der Waals surface area contributed by atoms with Crippen LogP contribution in [0.3, 0.4) is 0 Å². The number of hydrazone groups is 1. The molecular formula is C22H30N4O6. The highest BCUT2D eigenvalue weighted by atomic mass is 16.6. The third kappa shape index (κ3) is 6.76. The highest BCUT2D eigenvalue weighted by molar-refractivity contribution is 6.01. The minimum absolute atomic E-state index is 0.0303. The van der Waals surface area contributed by atoms with E-state index in [4.69, 9.17) is 19.8 Å². The van der Waals surface area contributed by atoms with Crippen LogP contribution in [0.15, 0.2) is 34.5 Å². The van der Waals surface area contributed by atoms with Crippen molar-refractivity contribution in [1.29, 1.82) is 0 Å². The first-order chi connectivity index (χ1) is 15.4. The Morgan fingerprint density at radius 2 is 2.00 bits per heavy atom. The van der Waals surface area contributed by atoms with Gasteiger partial charge in [-0.05, 0) is 30.9 Å². The highest BCUT2D eigenvalue weighted by Gasteiger charge is 2.40. The number of nitrogens with zero attached hydrogens (tertiary/aromatic N) is 3. The minimum atomic E-state index is -1.03. The van der Waals surface area contributed by atoms with Gasteiger partial charge in [-0.2, -0.15) is 5.10 Å². The summed E-state index contributed by atoms with van der Waals surface area (Å²) in [4.78, 5) is 29.6. The molecular weight excluding hydrogens is 416 g/mol. The Balaban J connectivity index is 1.59. The molecule has 10 nitrogen and oxygen atoms in total. The molecule has 0 amide bonds. The number of nitrogens with one attached hydrogen (secondary N) is 1. The second kappa shape index (κ2) is 11.1. The van der Waals surface area contributed by atoms with E-state index in [2.05, 4.69) is 15.7 Å². The zero-order valence-corrected chi connectivity index (χ0v) is 18.2. The number of hydrogen-bond donors (Lipinski definition) is 3. The van der Waals surface area contributed by atoms with Crippen LogP contribution in [-0.2, 0) is 19.2 Å². The molecule has 0 aliphatic carbocycles. The fourth-order valence-corrected chi connectivity index (χ4v) is 4.03. The molecule has 0 bridgehead atoms. The summed E-state index contributed by atoms with van der Waals surface area (Å²) in [7, 11) is 0. The number of carbonyl (C=O) groups is 2. The summed E-state index contributed by atoms with van der Waals surface area (Å²) in [6, 6.07) is 7.86. The van der Waals surface area contributed by atoms with E-state index in [0.717, 1.165) is 23.4 Å². The van der Waals surface area contributed by atoms with Crippen molar-refractivity contribution in [3.05, 3.63) is 35.4 Å². The van der Waals surface area contributed by atoms with Crippen LogP contribution in [0.4, 0.5) is 0 Å². The first-order valence-corrected chi connectivity index (χ1v) is 10.8. The van der Waals surface area contributed by atoms with Crippen LogP contribution in [0, 0.1) is 0 Å². The molecule has 1 fully saturated rings. The Morgan fingerprint density at radius 3 is 2.62 bits per heavy atom. The number of piperidine rings is 1. The minimum Gasteiger partial charge on any atom is -0.480 e. The van der Waals surface area contributed by atoms with Gasteiger partial charge < -0.3 is 25.2 Å². The lowest BCUT2D eigenvalue weighted by molar-refractivity contribution is -0.159. The van der Waals surface area contributed by atoms with Crippen molar-refractivity contribution >= 4 is 23.9 Å². The number of benzene rings is 1. The number of ether oxygens (including phenoxy) is 1. The van der Waals surface area contributed by atoms with Crippen molar-refractivity contribution in [3.63, 3.8) is 0 Å². The molecule has 1 unspecified atom stereocenters. The van der Waals surface area contributed by atoms with Gasteiger partial charge >= 0.3 is 11.9 Å². The average Bonchev–Trinajstić information content (AvgIpc) is 3.22. The van der Waals surface area contributed by atoms with E-state index >= 15 is 0 Å². The lowest BCUT2D eigenvalue weighted by Crippen LogP contribution is -2.49. The largest absolute Gasteiger partial charge is 0.480 e. The van der Waals surface area contributed by atoms with E-state index in [1.54, 1.807) is 6.21 Å². The molecule has 0 radical (unpaired) electrons. The van der Waals surface area contributed by atoms with Crippen LogP contribution in [0.5, 0.6) is 0 Å². The van der Waals surface area contributed by atoms with Crippen LogP contribution in [-0.4, -0.2) is 83.5 Å². The van der Waals surface area contributed by atoms with Crippen LogP contribution in [0.2, 0.25) is 0 Å². The molecule has 10 heteroatoms. The number of likely N-dealkylation sites (tertiary alicyclic amines) is 1. The molecule has 0 aromatic heterocycles. The van der Waals surface area contributed by atoms with Gasteiger partial charge in [-0.15, -0.1) is 0 Å². The molecule has 0 saturated carbocycles. The highest BCUT2D eigenvalue weighted by Crippen LogP contribution is 2.34. The molecule has 2 heterocycles. The Kier molecular flexibility index (Phi) is 8.18. The maximum absolute atomic E-state index is 11.1. The Labute approximate surface area is 186 Å². The van der Waals surface area contributed by atoms with Gasteiger partial charge in [0.05, 0.1) is 24.1 Å². The molecule has 2 aliphatic heterocycles. The number of hydrogen-bond acceptors (Lipinski definition) is 8. The summed E-state index contributed by atoms with van der Waals surface area (Å²) in [5.74, 6) is -1.90. The first kappa shape index (κ1) is 23.7. The molecule has 174 valence electrons. The standard InChI is InChI=1S/C22H30N4O6/c1-2-23-24-13-16-3-5-17(6-4-16)19-11-18(32-25-19)12-22(31-15-21(29)30)7-9-26(10-8-22)14-20(27)28/h3-6,13,18,23H,2,7-12,14-15H2,1H3,(H,27,28)(H,29,30). The molecule has 2 aliphatic rings. The lowest BCUT2D eigenvalue weighted by atomic mass is 9.84. The third-order valence-corrected chi connectivity index (χ3v) is 5.67. The van der Waals surface area contributed by atoms with Crippen molar-refractivity contribution < 1.29 is 29.4 Å². The summed E-state index contributed by atoms with van der Waals surface area (Å²) in [5.41, 5.74) is 4.99. The molecule has 3 rings (SSSR count). The van der Waals surface area contributed by atoms with E-state index in [9.17, 15) is 9.59 Å². The van der Waals surface area contributed by atoms with Gasteiger partial charge in [-0.25, -0.2) is 4.79 Å². The second-order valence-corrected chi connectivity index (χ2v) is 8.10. The molecule has 3 N–H and O–H groups in total. The zero-order chi connectivity index (χ0) is 23.0.